The smallest absolute Gasteiger partial charge is 0.291 e. The molecule has 0 bridgehead atoms. The second-order valence-corrected chi connectivity index (χ2v) is 5.66. The van der Waals surface area contributed by atoms with Gasteiger partial charge in [0, 0.05) is 17.0 Å². The van der Waals surface area contributed by atoms with Crippen LogP contribution in [0.3, 0.4) is 0 Å². The van der Waals surface area contributed by atoms with E-state index in [1.807, 2.05) is 0 Å². The number of epoxide rings is 1. The van der Waals surface area contributed by atoms with E-state index in [1.54, 1.807) is 13.0 Å². The minimum atomic E-state index is -1.03. The highest BCUT2D eigenvalue weighted by Gasteiger charge is 2.54. The fourth-order valence-corrected chi connectivity index (χ4v) is 3.01. The molecule has 0 N–H and O–H groups in total. The van der Waals surface area contributed by atoms with Gasteiger partial charge in [0.05, 0.1) is 24.7 Å². The molecule has 0 aliphatic carbocycles. The summed E-state index contributed by atoms with van der Waals surface area (Å²) in [7, 11) is 0. The average molecular weight is 347 g/mol. The minimum absolute atomic E-state index is 0.185. The monoisotopic (exact) mass is 347 g/mol. The largest absolute Gasteiger partial charge is 0.362 e. The molecule has 3 rings (SSSR count). The van der Waals surface area contributed by atoms with E-state index in [9.17, 15) is 13.6 Å². The van der Waals surface area contributed by atoms with E-state index in [4.69, 9.17) is 22.2 Å². The van der Waals surface area contributed by atoms with Crippen molar-refractivity contribution < 1.29 is 13.5 Å². The lowest BCUT2D eigenvalue weighted by Gasteiger charge is -2.25. The summed E-state index contributed by atoms with van der Waals surface area (Å²) in [6, 6.07) is 4.53. The summed E-state index contributed by atoms with van der Waals surface area (Å²) in [4.78, 5) is 15.3. The van der Waals surface area contributed by atoms with Gasteiger partial charge in [-0.2, -0.15) is 10.2 Å². The van der Waals surface area contributed by atoms with Crippen molar-refractivity contribution in [3.05, 3.63) is 63.3 Å². The second-order valence-electron chi connectivity index (χ2n) is 5.43. The minimum Gasteiger partial charge on any atom is -0.362 e. The lowest BCUT2D eigenvalue weighted by atomic mass is 9.92. The molecule has 1 fully saturated rings. The van der Waals surface area contributed by atoms with Crippen molar-refractivity contribution in [1.29, 1.82) is 5.26 Å². The number of rotatable bonds is 4. The molecule has 0 unspecified atom stereocenters. The molecule has 8 heteroatoms. The average Bonchev–Trinajstić information content (AvgIpc) is 3.35. The zero-order valence-corrected chi connectivity index (χ0v) is 13.3. The molecule has 0 amide bonds. The highest BCUT2D eigenvalue weighted by atomic mass is 32.1. The van der Waals surface area contributed by atoms with E-state index >= 15 is 0 Å². The molecule has 1 aliphatic rings. The zero-order chi connectivity index (χ0) is 17.5. The predicted molar refractivity (Wildman–Crippen MR) is 84.7 cm³/mol. The van der Waals surface area contributed by atoms with Gasteiger partial charge in [-0.15, -0.1) is 0 Å². The Hall–Kier alpha value is -2.50. The summed E-state index contributed by atoms with van der Waals surface area (Å²) >= 11 is 4.91. The molecular formula is C16H11F2N3O2S. The van der Waals surface area contributed by atoms with E-state index in [1.165, 1.54) is 22.3 Å². The summed E-state index contributed by atoms with van der Waals surface area (Å²) in [6.07, 6.45) is 1.25. The lowest BCUT2D eigenvalue weighted by molar-refractivity contribution is 0.223. The van der Waals surface area contributed by atoms with Crippen LogP contribution in [0.2, 0.25) is 0 Å². The maximum atomic E-state index is 14.2. The second kappa shape index (κ2) is 5.85. The number of aromatic nitrogens is 2. The van der Waals surface area contributed by atoms with Crippen LogP contribution >= 0.6 is 12.2 Å². The molecule has 24 heavy (non-hydrogen) atoms. The first-order valence-electron chi connectivity index (χ1n) is 7.00. The summed E-state index contributed by atoms with van der Waals surface area (Å²) in [5.74, 6) is -1.41. The predicted octanol–water partition coefficient (Wildman–Crippen LogP) is 2.23. The maximum absolute atomic E-state index is 14.2. The topological polar surface area (TPSA) is 71.2 Å². The lowest BCUT2D eigenvalue weighted by Crippen LogP contribution is -2.29. The molecule has 2 heterocycles. The Kier molecular flexibility index (Phi) is 3.99. The standard InChI is InChI=1S/C16H11F2N3O2S/c1-9(21-8-20-15(22)11(5-19)14(21)6-24)16(7-23-16)12-3-2-10(17)4-13(12)18/h2-4,6,8-9H,7H2,1H3/t9-,16+/m1/s1. The molecule has 2 atom stereocenters. The number of hydrogen-bond acceptors (Lipinski definition) is 5. The van der Waals surface area contributed by atoms with Gasteiger partial charge in [-0.25, -0.2) is 8.78 Å². The molecular weight excluding hydrogens is 336 g/mol. The highest BCUT2D eigenvalue weighted by Crippen LogP contribution is 2.49. The SMILES string of the molecule is C[C@@H](n1cnc(=O)c(C#N)c1C=S)[C@]1(c2ccc(F)cc2F)CO1. The number of nitriles is 1. The summed E-state index contributed by atoms with van der Waals surface area (Å²) in [6.45, 7) is 1.94. The van der Waals surface area contributed by atoms with Crippen molar-refractivity contribution >= 4 is 17.6 Å². The fourth-order valence-electron chi connectivity index (χ4n) is 2.77. The van der Waals surface area contributed by atoms with Crippen LogP contribution in [0.4, 0.5) is 8.78 Å². The summed E-state index contributed by atoms with van der Waals surface area (Å²) < 4.78 is 34.3. The van der Waals surface area contributed by atoms with E-state index < -0.39 is 28.8 Å². The fraction of sp³-hybridized carbons (Fsp3) is 0.250. The first-order chi connectivity index (χ1) is 11.4. The molecule has 1 aromatic heterocycles. The Balaban J connectivity index is 2.13. The molecule has 5 nitrogen and oxygen atoms in total. The van der Waals surface area contributed by atoms with Crippen LogP contribution in [-0.2, 0) is 10.3 Å². The number of benzene rings is 1. The first-order valence-corrected chi connectivity index (χ1v) is 7.47. The van der Waals surface area contributed by atoms with E-state index in [2.05, 4.69) is 4.98 Å². The third kappa shape index (κ3) is 2.42. The Morgan fingerprint density at radius 2 is 2.25 bits per heavy atom. The number of nitrogens with zero attached hydrogens (tertiary/aromatic N) is 3. The number of hydrogen-bond donors (Lipinski definition) is 0. The van der Waals surface area contributed by atoms with Gasteiger partial charge in [-0.05, 0) is 13.0 Å². The molecule has 0 radical (unpaired) electrons. The van der Waals surface area contributed by atoms with Gasteiger partial charge in [-0.1, -0.05) is 18.3 Å². The van der Waals surface area contributed by atoms with Crippen molar-refractivity contribution in [3.63, 3.8) is 0 Å². The Bertz CT molecular complexity index is 932. The highest BCUT2D eigenvalue weighted by molar-refractivity contribution is 7.79. The van der Waals surface area contributed by atoms with Crippen LogP contribution in [0, 0.1) is 23.0 Å². The van der Waals surface area contributed by atoms with E-state index in [0.29, 0.717) is 0 Å². The van der Waals surface area contributed by atoms with Crippen LogP contribution in [0.1, 0.15) is 29.8 Å². The van der Waals surface area contributed by atoms with Crippen molar-refractivity contribution in [1.82, 2.24) is 9.55 Å². The van der Waals surface area contributed by atoms with Crippen LogP contribution in [0.25, 0.3) is 0 Å². The van der Waals surface area contributed by atoms with Gasteiger partial charge in [0.25, 0.3) is 5.56 Å². The van der Waals surface area contributed by atoms with Gasteiger partial charge in [0.2, 0.25) is 0 Å². The van der Waals surface area contributed by atoms with Crippen LogP contribution in [0.5, 0.6) is 0 Å². The van der Waals surface area contributed by atoms with Gasteiger partial charge in [0.1, 0.15) is 28.9 Å². The summed E-state index contributed by atoms with van der Waals surface area (Å²) in [5.41, 5.74) is -1.50. The number of halogens is 2. The molecule has 1 saturated heterocycles. The van der Waals surface area contributed by atoms with Gasteiger partial charge in [0.15, 0.2) is 0 Å². The molecule has 1 aliphatic heterocycles. The van der Waals surface area contributed by atoms with Gasteiger partial charge < -0.3 is 9.30 Å². The van der Waals surface area contributed by atoms with Crippen LogP contribution < -0.4 is 5.56 Å². The van der Waals surface area contributed by atoms with Crippen LogP contribution in [-0.4, -0.2) is 21.5 Å². The first kappa shape index (κ1) is 16.4. The normalized spacial score (nSPS) is 20.2. The number of ether oxygens (including phenoxy) is 1. The third-order valence-electron chi connectivity index (χ3n) is 4.21. The van der Waals surface area contributed by atoms with Crippen molar-refractivity contribution in [2.24, 2.45) is 0 Å². The molecule has 2 aromatic rings. The third-order valence-corrected chi connectivity index (χ3v) is 4.43. The Morgan fingerprint density at radius 1 is 1.54 bits per heavy atom. The van der Waals surface area contributed by atoms with Crippen molar-refractivity contribution in [2.45, 2.75) is 18.6 Å². The van der Waals surface area contributed by atoms with E-state index in [-0.39, 0.29) is 23.4 Å². The van der Waals surface area contributed by atoms with Gasteiger partial charge in [-0.3, -0.25) is 4.79 Å². The van der Waals surface area contributed by atoms with E-state index in [0.717, 1.165) is 12.1 Å². The molecule has 122 valence electrons. The Labute approximate surface area is 141 Å². The molecule has 1 aromatic carbocycles. The van der Waals surface area contributed by atoms with Gasteiger partial charge >= 0.3 is 0 Å². The molecule has 0 saturated carbocycles. The van der Waals surface area contributed by atoms with Crippen molar-refractivity contribution in [2.75, 3.05) is 6.61 Å². The Morgan fingerprint density at radius 3 is 2.79 bits per heavy atom. The quantitative estimate of drug-likeness (QED) is 0.626. The number of thiocarbonyl (C=S) groups is 1. The molecule has 0 spiro atoms. The zero-order valence-electron chi connectivity index (χ0n) is 12.5. The van der Waals surface area contributed by atoms with Crippen molar-refractivity contribution in [3.8, 4) is 6.07 Å². The maximum Gasteiger partial charge on any atom is 0.291 e. The summed E-state index contributed by atoms with van der Waals surface area (Å²) in [5, 5.41) is 10.3. The van der Waals surface area contributed by atoms with Crippen LogP contribution in [0.15, 0.2) is 29.3 Å².